The van der Waals surface area contributed by atoms with Crippen molar-refractivity contribution in [2.24, 2.45) is 16.8 Å². The third kappa shape index (κ3) is 6.42. The molecule has 3 N–H and O–H groups in total. The van der Waals surface area contributed by atoms with Crippen LogP contribution in [0.25, 0.3) is 0 Å². The molecule has 1 aromatic carbocycles. The Balaban J connectivity index is 1.85. The molecule has 1 heterocycles. The molecular formula is C23H30FN5O. The van der Waals surface area contributed by atoms with E-state index in [9.17, 15) is 9.18 Å². The third-order valence-electron chi connectivity index (χ3n) is 5.12. The van der Waals surface area contributed by atoms with E-state index in [-0.39, 0.29) is 17.6 Å². The lowest BCUT2D eigenvalue weighted by Gasteiger charge is -2.31. The molecule has 30 heavy (non-hydrogen) atoms. The van der Waals surface area contributed by atoms with Gasteiger partial charge in [-0.2, -0.15) is 5.10 Å². The minimum Gasteiger partial charge on any atom is -0.397 e. The predicted molar refractivity (Wildman–Crippen MR) is 119 cm³/mol. The van der Waals surface area contributed by atoms with E-state index < -0.39 is 0 Å². The van der Waals surface area contributed by atoms with Gasteiger partial charge in [-0.15, -0.1) is 0 Å². The van der Waals surface area contributed by atoms with Crippen LogP contribution in [-0.4, -0.2) is 35.6 Å². The molecule has 0 unspecified atom stereocenters. The molecule has 1 aliphatic heterocycles. The Morgan fingerprint density at radius 3 is 2.63 bits per heavy atom. The normalized spacial score (nSPS) is 16.1. The number of hydrogen-bond acceptors (Lipinski definition) is 5. The van der Waals surface area contributed by atoms with Crippen molar-refractivity contribution in [2.75, 3.05) is 13.1 Å². The number of amides is 1. The van der Waals surface area contributed by atoms with Crippen molar-refractivity contribution >= 4 is 12.6 Å². The molecule has 7 heteroatoms. The van der Waals surface area contributed by atoms with Gasteiger partial charge in [-0.3, -0.25) is 9.69 Å². The number of carbonyl (C=O) groups is 1. The summed E-state index contributed by atoms with van der Waals surface area (Å²) in [6, 6.07) is 6.79. The summed E-state index contributed by atoms with van der Waals surface area (Å²) in [5.41, 5.74) is 8.17. The molecule has 1 fully saturated rings. The van der Waals surface area contributed by atoms with E-state index in [0.29, 0.717) is 36.3 Å². The van der Waals surface area contributed by atoms with Crippen LogP contribution in [0.5, 0.6) is 0 Å². The van der Waals surface area contributed by atoms with Gasteiger partial charge in [0.1, 0.15) is 5.82 Å². The van der Waals surface area contributed by atoms with Gasteiger partial charge in [-0.1, -0.05) is 31.4 Å². The average Bonchev–Trinajstić information content (AvgIpc) is 2.74. The van der Waals surface area contributed by atoms with E-state index in [0.717, 1.165) is 18.8 Å². The minimum absolute atomic E-state index is 0.0944. The second-order valence-electron chi connectivity index (χ2n) is 7.21. The summed E-state index contributed by atoms with van der Waals surface area (Å²) in [5.74, 6) is -0.409. The Morgan fingerprint density at radius 2 is 2.03 bits per heavy atom. The first kappa shape index (κ1) is 23.1. The second kappa shape index (κ2) is 11.1. The molecule has 160 valence electrons. The Bertz CT molecular complexity index is 845. The van der Waals surface area contributed by atoms with Gasteiger partial charge in [0.05, 0.1) is 11.4 Å². The summed E-state index contributed by atoms with van der Waals surface area (Å²) in [5, 5.41) is 8.09. The van der Waals surface area contributed by atoms with Gasteiger partial charge >= 0.3 is 0 Å². The summed E-state index contributed by atoms with van der Waals surface area (Å²) in [7, 11) is 0. The quantitative estimate of drug-likeness (QED) is 0.371. The molecule has 0 atom stereocenters. The number of nitrogens with one attached hydrogen (secondary N) is 1. The van der Waals surface area contributed by atoms with Gasteiger partial charge in [0.2, 0.25) is 5.91 Å². The van der Waals surface area contributed by atoms with Crippen molar-refractivity contribution in [3.63, 3.8) is 0 Å². The zero-order valence-electron chi connectivity index (χ0n) is 17.5. The maximum Gasteiger partial charge on any atom is 0.227 e. The Morgan fingerprint density at radius 1 is 1.37 bits per heavy atom. The fourth-order valence-electron chi connectivity index (χ4n) is 3.24. The van der Waals surface area contributed by atoms with Gasteiger partial charge < -0.3 is 11.1 Å². The van der Waals surface area contributed by atoms with E-state index >= 15 is 0 Å². The smallest absolute Gasteiger partial charge is 0.227 e. The molecule has 0 aromatic heterocycles. The van der Waals surface area contributed by atoms with E-state index in [4.69, 9.17) is 5.73 Å². The number of piperidine rings is 1. The molecule has 1 amide bonds. The van der Waals surface area contributed by atoms with Crippen LogP contribution in [0, 0.1) is 11.7 Å². The number of rotatable bonds is 9. The van der Waals surface area contributed by atoms with Gasteiger partial charge in [0.25, 0.3) is 0 Å². The van der Waals surface area contributed by atoms with Crippen LogP contribution in [0.3, 0.4) is 0 Å². The molecular weight excluding hydrogens is 381 g/mol. The highest BCUT2D eigenvalue weighted by atomic mass is 19.1. The number of hydrazone groups is 1. The highest BCUT2D eigenvalue weighted by Crippen LogP contribution is 2.20. The maximum atomic E-state index is 13.8. The fraction of sp³-hybridized carbons (Fsp3) is 0.304. The number of likely N-dealkylation sites (tertiary alicyclic amines) is 1. The maximum absolute atomic E-state index is 13.8. The molecule has 0 bridgehead atoms. The average molecular weight is 412 g/mol. The summed E-state index contributed by atoms with van der Waals surface area (Å²) in [4.78, 5) is 14.7. The number of nitrogens with zero attached hydrogens (tertiary/aromatic N) is 3. The fourth-order valence-corrected chi connectivity index (χ4v) is 3.24. The van der Waals surface area contributed by atoms with Gasteiger partial charge in [0, 0.05) is 36.6 Å². The summed E-state index contributed by atoms with van der Waals surface area (Å²) >= 11 is 0. The summed E-state index contributed by atoms with van der Waals surface area (Å²) < 4.78 is 13.8. The lowest BCUT2D eigenvalue weighted by Crippen LogP contribution is -2.40. The minimum atomic E-state index is -0.194. The van der Waals surface area contributed by atoms with Crippen LogP contribution < -0.4 is 11.1 Å². The van der Waals surface area contributed by atoms with Crippen LogP contribution in [0.4, 0.5) is 4.39 Å². The van der Waals surface area contributed by atoms with Crippen LogP contribution in [-0.2, 0) is 11.3 Å². The number of hydrogen-bond donors (Lipinski definition) is 2. The van der Waals surface area contributed by atoms with E-state index in [1.54, 1.807) is 24.3 Å². The van der Waals surface area contributed by atoms with E-state index in [1.807, 2.05) is 13.0 Å². The molecule has 0 aliphatic carbocycles. The Hall–Kier alpha value is -3.19. The zero-order chi connectivity index (χ0) is 22.1. The molecule has 2 rings (SSSR count). The van der Waals surface area contributed by atoms with E-state index in [2.05, 4.69) is 35.2 Å². The van der Waals surface area contributed by atoms with Crippen LogP contribution >= 0.6 is 0 Å². The molecule has 0 saturated carbocycles. The van der Waals surface area contributed by atoms with Crippen molar-refractivity contribution in [3.05, 3.63) is 84.2 Å². The van der Waals surface area contributed by atoms with Crippen molar-refractivity contribution in [3.8, 4) is 0 Å². The number of carbonyl (C=O) groups excluding carboxylic acids is 1. The highest BCUT2D eigenvalue weighted by molar-refractivity contribution is 5.81. The first-order valence-corrected chi connectivity index (χ1v) is 9.84. The standard InChI is InChI=1S/C23H30FN5O/c1-5-29(26-4)17(2)10-11-22(25)18(3)27-23(30)19-12-14-28(15-13-19)16-20-8-6-7-9-21(20)24/h5-11,19H,1,3-4,12-16,25H2,2H3,(H,27,30)/b17-10+,22-11+. The van der Waals surface area contributed by atoms with Gasteiger partial charge in [0.15, 0.2) is 0 Å². The molecule has 6 nitrogen and oxygen atoms in total. The summed E-state index contributed by atoms with van der Waals surface area (Å²) in [6.07, 6.45) is 6.32. The van der Waals surface area contributed by atoms with Crippen molar-refractivity contribution in [1.82, 2.24) is 15.2 Å². The number of nitrogens with two attached hydrogens (primary N) is 1. The third-order valence-corrected chi connectivity index (χ3v) is 5.12. The van der Waals surface area contributed by atoms with Crippen molar-refractivity contribution in [1.29, 1.82) is 0 Å². The number of benzene rings is 1. The Kier molecular flexibility index (Phi) is 8.55. The number of halogens is 1. The SMILES string of the molecule is C=CN(N=C)/C(C)=C/C=C(/N)C(=C)NC(=O)C1CCN(Cc2ccccc2F)CC1. The highest BCUT2D eigenvalue weighted by Gasteiger charge is 2.25. The van der Waals surface area contributed by atoms with Gasteiger partial charge in [-0.25, -0.2) is 9.40 Å². The number of allylic oxidation sites excluding steroid dienone is 3. The lowest BCUT2D eigenvalue weighted by molar-refractivity contribution is -0.125. The van der Waals surface area contributed by atoms with Crippen molar-refractivity contribution in [2.45, 2.75) is 26.3 Å². The van der Waals surface area contributed by atoms with Gasteiger partial charge in [-0.05, 0) is 51.1 Å². The second-order valence-corrected chi connectivity index (χ2v) is 7.21. The molecule has 1 aromatic rings. The predicted octanol–water partition coefficient (Wildman–Crippen LogP) is 3.48. The molecule has 0 radical (unpaired) electrons. The first-order chi connectivity index (χ1) is 14.3. The van der Waals surface area contributed by atoms with E-state index in [1.165, 1.54) is 17.3 Å². The largest absolute Gasteiger partial charge is 0.397 e. The van der Waals surface area contributed by atoms with Crippen LogP contribution in [0.2, 0.25) is 0 Å². The molecule has 1 saturated heterocycles. The molecule has 1 aliphatic rings. The monoisotopic (exact) mass is 411 g/mol. The molecule has 0 spiro atoms. The summed E-state index contributed by atoms with van der Waals surface area (Å²) in [6.45, 7) is 14.8. The van der Waals surface area contributed by atoms with Crippen LogP contribution in [0.1, 0.15) is 25.3 Å². The topological polar surface area (TPSA) is 74.0 Å². The van der Waals surface area contributed by atoms with Crippen molar-refractivity contribution < 1.29 is 9.18 Å². The first-order valence-electron chi connectivity index (χ1n) is 9.84. The zero-order valence-corrected chi connectivity index (χ0v) is 17.5. The Labute approximate surface area is 177 Å². The lowest BCUT2D eigenvalue weighted by atomic mass is 9.95. The van der Waals surface area contributed by atoms with Crippen LogP contribution in [0.15, 0.2) is 78.0 Å².